The van der Waals surface area contributed by atoms with Crippen molar-refractivity contribution >= 4 is 17.2 Å². The van der Waals surface area contributed by atoms with Gasteiger partial charge in [0.25, 0.3) is 5.91 Å². The van der Waals surface area contributed by atoms with E-state index in [1.54, 1.807) is 11.3 Å². The number of fused-ring (bicyclic) bond motifs is 2. The van der Waals surface area contributed by atoms with Crippen LogP contribution in [0.1, 0.15) is 54.1 Å². The quantitative estimate of drug-likeness (QED) is 0.889. The molecule has 1 aromatic rings. The van der Waals surface area contributed by atoms with E-state index in [1.165, 1.54) is 30.6 Å². The van der Waals surface area contributed by atoms with E-state index in [0.29, 0.717) is 12.0 Å². The van der Waals surface area contributed by atoms with Gasteiger partial charge in [0.2, 0.25) is 0 Å². The van der Waals surface area contributed by atoms with Gasteiger partial charge >= 0.3 is 0 Å². The van der Waals surface area contributed by atoms with Crippen LogP contribution in [0, 0.1) is 17.8 Å². The van der Waals surface area contributed by atoms with E-state index in [9.17, 15) is 4.79 Å². The molecule has 104 valence electrons. The van der Waals surface area contributed by atoms with Crippen molar-refractivity contribution in [1.29, 1.82) is 0 Å². The average molecular weight is 277 g/mol. The minimum Gasteiger partial charge on any atom is -0.349 e. The van der Waals surface area contributed by atoms with Crippen LogP contribution in [0.25, 0.3) is 0 Å². The van der Waals surface area contributed by atoms with Crippen LogP contribution < -0.4 is 5.32 Å². The smallest absolute Gasteiger partial charge is 0.261 e. The summed E-state index contributed by atoms with van der Waals surface area (Å²) in [5.74, 6) is 2.66. The second-order valence-corrected chi connectivity index (χ2v) is 7.39. The lowest BCUT2D eigenvalue weighted by molar-refractivity contribution is 0.0919. The van der Waals surface area contributed by atoms with Crippen molar-refractivity contribution in [3.63, 3.8) is 0 Å². The van der Waals surface area contributed by atoms with Crippen molar-refractivity contribution in [2.75, 3.05) is 0 Å². The highest BCUT2D eigenvalue weighted by Gasteiger charge is 2.42. The van der Waals surface area contributed by atoms with Crippen molar-refractivity contribution in [2.45, 2.75) is 52.0 Å². The van der Waals surface area contributed by atoms with Gasteiger partial charge in [0, 0.05) is 10.9 Å². The Hall–Kier alpha value is -0.830. The summed E-state index contributed by atoms with van der Waals surface area (Å²) in [5.41, 5.74) is 0. The Bertz CT molecular complexity index is 467. The molecule has 0 radical (unpaired) electrons. The predicted octanol–water partition coefficient (Wildman–Crippen LogP) is 3.87. The van der Waals surface area contributed by atoms with Crippen LogP contribution >= 0.6 is 11.3 Å². The fourth-order valence-corrected chi connectivity index (χ4v) is 4.83. The predicted molar refractivity (Wildman–Crippen MR) is 79.6 cm³/mol. The van der Waals surface area contributed by atoms with Gasteiger partial charge in [-0.25, -0.2) is 0 Å². The summed E-state index contributed by atoms with van der Waals surface area (Å²) in [7, 11) is 0. The molecule has 1 heterocycles. The molecule has 2 aliphatic carbocycles. The molecule has 0 aromatic carbocycles. The van der Waals surface area contributed by atoms with Crippen molar-refractivity contribution in [3.8, 4) is 0 Å². The third kappa shape index (κ3) is 2.58. The Balaban J connectivity index is 1.60. The van der Waals surface area contributed by atoms with E-state index in [4.69, 9.17) is 0 Å². The number of rotatable bonds is 4. The highest BCUT2D eigenvalue weighted by Crippen LogP contribution is 2.49. The second kappa shape index (κ2) is 5.28. The molecule has 2 saturated carbocycles. The molecule has 2 fully saturated rings. The van der Waals surface area contributed by atoms with Crippen LogP contribution in [-0.4, -0.2) is 11.9 Å². The second-order valence-electron chi connectivity index (χ2n) is 6.22. The van der Waals surface area contributed by atoms with Crippen LogP contribution in [0.4, 0.5) is 0 Å². The van der Waals surface area contributed by atoms with Gasteiger partial charge in [-0.05, 0) is 62.5 Å². The van der Waals surface area contributed by atoms with Crippen LogP contribution in [0.3, 0.4) is 0 Å². The van der Waals surface area contributed by atoms with E-state index in [2.05, 4.69) is 25.2 Å². The molecule has 1 aromatic heterocycles. The molecular weight excluding hydrogens is 254 g/mol. The number of carbonyl (C=O) groups is 1. The fourth-order valence-electron chi connectivity index (χ4n) is 3.98. The van der Waals surface area contributed by atoms with Gasteiger partial charge in [-0.3, -0.25) is 4.79 Å². The number of hydrogen-bond donors (Lipinski definition) is 1. The Morgan fingerprint density at radius 3 is 2.84 bits per heavy atom. The molecule has 2 nitrogen and oxygen atoms in total. The van der Waals surface area contributed by atoms with Gasteiger partial charge < -0.3 is 5.32 Å². The van der Waals surface area contributed by atoms with Crippen LogP contribution in [0.5, 0.6) is 0 Å². The largest absolute Gasteiger partial charge is 0.349 e. The monoisotopic (exact) mass is 277 g/mol. The zero-order valence-corrected chi connectivity index (χ0v) is 12.6. The molecule has 3 rings (SSSR count). The van der Waals surface area contributed by atoms with Gasteiger partial charge in [0.1, 0.15) is 0 Å². The van der Waals surface area contributed by atoms with Gasteiger partial charge in [-0.1, -0.05) is 13.3 Å². The van der Waals surface area contributed by atoms with Gasteiger partial charge in [0.05, 0.1) is 4.88 Å². The van der Waals surface area contributed by atoms with Gasteiger partial charge in [0.15, 0.2) is 0 Å². The zero-order valence-electron chi connectivity index (χ0n) is 11.8. The summed E-state index contributed by atoms with van der Waals surface area (Å²) in [6, 6.07) is 4.36. The Morgan fingerprint density at radius 1 is 1.42 bits per heavy atom. The van der Waals surface area contributed by atoms with E-state index >= 15 is 0 Å². The van der Waals surface area contributed by atoms with Crippen molar-refractivity contribution in [1.82, 2.24) is 5.32 Å². The highest BCUT2D eigenvalue weighted by atomic mass is 32.1. The van der Waals surface area contributed by atoms with E-state index in [0.717, 1.165) is 23.1 Å². The number of aryl methyl sites for hydroxylation is 1. The molecule has 0 unspecified atom stereocenters. The lowest BCUT2D eigenvalue weighted by Crippen LogP contribution is -2.39. The minimum atomic E-state index is 0.125. The summed E-state index contributed by atoms with van der Waals surface area (Å²) < 4.78 is 0. The summed E-state index contributed by atoms with van der Waals surface area (Å²) in [6.45, 7) is 4.32. The summed E-state index contributed by atoms with van der Waals surface area (Å²) >= 11 is 1.63. The highest BCUT2D eigenvalue weighted by molar-refractivity contribution is 7.14. The normalized spacial score (nSPS) is 30.5. The number of amides is 1. The summed E-state index contributed by atoms with van der Waals surface area (Å²) in [4.78, 5) is 14.4. The maximum Gasteiger partial charge on any atom is 0.261 e. The minimum absolute atomic E-state index is 0.125. The van der Waals surface area contributed by atoms with E-state index < -0.39 is 0 Å². The van der Waals surface area contributed by atoms with Crippen LogP contribution in [0.15, 0.2) is 12.1 Å². The number of nitrogens with one attached hydrogen (secondary N) is 1. The average Bonchev–Trinajstić information content (AvgIpc) is 3.13. The number of hydrogen-bond acceptors (Lipinski definition) is 2. The summed E-state index contributed by atoms with van der Waals surface area (Å²) in [5, 5.41) is 3.23. The Kier molecular flexibility index (Phi) is 3.66. The number of carbonyl (C=O) groups excluding carboxylic acids is 1. The van der Waals surface area contributed by atoms with E-state index in [1.807, 2.05) is 6.07 Å². The third-order valence-corrected chi connectivity index (χ3v) is 6.26. The lowest BCUT2D eigenvalue weighted by atomic mass is 9.84. The van der Waals surface area contributed by atoms with E-state index in [-0.39, 0.29) is 5.91 Å². The first-order chi connectivity index (χ1) is 9.17. The molecule has 3 heteroatoms. The zero-order chi connectivity index (χ0) is 13.4. The van der Waals surface area contributed by atoms with Crippen molar-refractivity contribution in [2.24, 2.45) is 17.8 Å². The lowest BCUT2D eigenvalue weighted by Gasteiger charge is -2.28. The molecular formula is C16H23NOS. The molecule has 1 N–H and O–H groups in total. The molecule has 1 amide bonds. The first-order valence-corrected chi connectivity index (χ1v) is 8.38. The number of thiophene rings is 1. The van der Waals surface area contributed by atoms with Gasteiger partial charge in [-0.2, -0.15) is 0 Å². The first-order valence-electron chi connectivity index (χ1n) is 7.57. The Morgan fingerprint density at radius 2 is 2.26 bits per heavy atom. The molecule has 0 saturated heterocycles. The van der Waals surface area contributed by atoms with Crippen LogP contribution in [0.2, 0.25) is 0 Å². The third-order valence-electron chi connectivity index (χ3n) is 5.03. The van der Waals surface area contributed by atoms with Crippen molar-refractivity contribution < 1.29 is 4.79 Å². The SMILES string of the molecule is CCc1ccc(C(=O)N[C@@H](C)[C@H]2C[C@@H]3CC[C@@H]2C3)s1. The molecule has 19 heavy (non-hydrogen) atoms. The molecule has 2 bridgehead atoms. The fraction of sp³-hybridized carbons (Fsp3) is 0.688. The molecule has 4 atom stereocenters. The first kappa shape index (κ1) is 13.2. The Labute approximate surface area is 119 Å². The maximum atomic E-state index is 12.2. The molecule has 0 aliphatic heterocycles. The van der Waals surface area contributed by atoms with Crippen molar-refractivity contribution in [3.05, 3.63) is 21.9 Å². The topological polar surface area (TPSA) is 29.1 Å². The molecule has 2 aliphatic rings. The standard InChI is InChI=1S/C16H23NOS/c1-3-13-6-7-15(19-13)16(18)17-10(2)14-9-11-4-5-12(14)8-11/h6-7,10-12,14H,3-5,8-9H2,1-2H3,(H,17,18)/t10-,11+,12+,14+/m0/s1. The maximum absolute atomic E-state index is 12.2. The van der Waals surface area contributed by atoms with Gasteiger partial charge in [-0.15, -0.1) is 11.3 Å². The molecule has 0 spiro atoms. The summed E-state index contributed by atoms with van der Waals surface area (Å²) in [6.07, 6.45) is 6.56. The van der Waals surface area contributed by atoms with Crippen LogP contribution in [-0.2, 0) is 6.42 Å².